The molecular weight excluding hydrogens is 210 g/mol. The molecule has 2 nitrogen and oxygen atoms in total. The Bertz CT molecular complexity index is 379. The van der Waals surface area contributed by atoms with Crippen LogP contribution in [-0.4, -0.2) is 25.3 Å². The van der Waals surface area contributed by atoms with Crippen LogP contribution >= 0.6 is 0 Å². The number of hydrogen-bond donors (Lipinski definition) is 0. The summed E-state index contributed by atoms with van der Waals surface area (Å²) in [6.07, 6.45) is 1.76. The Kier molecular flexibility index (Phi) is 3.72. The number of ether oxygens (including phenoxy) is 1. The second-order valence-corrected chi connectivity index (χ2v) is 5.13. The predicted molar refractivity (Wildman–Crippen MR) is 72.8 cm³/mol. The lowest BCUT2D eigenvalue weighted by atomic mass is 10.0. The van der Waals surface area contributed by atoms with Gasteiger partial charge >= 0.3 is 0 Å². The van der Waals surface area contributed by atoms with Crippen LogP contribution < -0.4 is 4.90 Å². The molecule has 2 unspecified atom stereocenters. The van der Waals surface area contributed by atoms with Crippen LogP contribution in [-0.2, 0) is 11.2 Å². The zero-order valence-electron chi connectivity index (χ0n) is 11.4. The van der Waals surface area contributed by atoms with E-state index >= 15 is 0 Å². The Balaban J connectivity index is 2.19. The molecule has 0 radical (unpaired) electrons. The van der Waals surface area contributed by atoms with Gasteiger partial charge in [0, 0.05) is 18.8 Å². The van der Waals surface area contributed by atoms with Crippen molar-refractivity contribution in [1.29, 1.82) is 0 Å². The van der Waals surface area contributed by atoms with E-state index in [0.29, 0.717) is 12.2 Å². The maximum absolute atomic E-state index is 5.77. The molecule has 0 amide bonds. The lowest BCUT2D eigenvalue weighted by Gasteiger charge is -2.37. The van der Waals surface area contributed by atoms with Crippen molar-refractivity contribution in [3.63, 3.8) is 0 Å². The zero-order chi connectivity index (χ0) is 12.4. The van der Waals surface area contributed by atoms with Crippen LogP contribution in [0.25, 0.3) is 0 Å². The smallest absolute Gasteiger partial charge is 0.0726 e. The monoisotopic (exact) mass is 233 g/mol. The zero-order valence-corrected chi connectivity index (χ0v) is 11.4. The van der Waals surface area contributed by atoms with Gasteiger partial charge in [-0.25, -0.2) is 0 Å². The number of hydrogen-bond acceptors (Lipinski definition) is 2. The second kappa shape index (κ2) is 5.09. The summed E-state index contributed by atoms with van der Waals surface area (Å²) in [7, 11) is 0. The Hall–Kier alpha value is -1.02. The summed E-state index contributed by atoms with van der Waals surface area (Å²) in [4.78, 5) is 2.44. The highest BCUT2D eigenvalue weighted by molar-refractivity contribution is 5.51. The molecule has 1 heterocycles. The van der Waals surface area contributed by atoms with Crippen molar-refractivity contribution in [3.8, 4) is 0 Å². The molecule has 2 rings (SSSR count). The van der Waals surface area contributed by atoms with Gasteiger partial charge in [0.15, 0.2) is 0 Å². The maximum atomic E-state index is 5.77. The third-order valence-electron chi connectivity index (χ3n) is 3.49. The van der Waals surface area contributed by atoms with Crippen LogP contribution in [0.1, 0.15) is 31.9 Å². The van der Waals surface area contributed by atoms with E-state index in [0.717, 1.165) is 19.5 Å². The number of morpholine rings is 1. The Morgan fingerprint density at radius 1 is 1.24 bits per heavy atom. The first kappa shape index (κ1) is 12.4. The van der Waals surface area contributed by atoms with Crippen LogP contribution in [0.3, 0.4) is 0 Å². The molecule has 2 heteroatoms. The fourth-order valence-electron chi connectivity index (χ4n) is 2.66. The van der Waals surface area contributed by atoms with Gasteiger partial charge in [0.25, 0.3) is 0 Å². The van der Waals surface area contributed by atoms with Gasteiger partial charge in [-0.1, -0.05) is 13.0 Å². The summed E-state index contributed by atoms with van der Waals surface area (Å²) in [5.41, 5.74) is 4.18. The predicted octanol–water partition coefficient (Wildman–Crippen LogP) is 3.17. The maximum Gasteiger partial charge on any atom is 0.0726 e. The highest BCUT2D eigenvalue weighted by Crippen LogP contribution is 2.23. The van der Waals surface area contributed by atoms with Crippen molar-refractivity contribution in [3.05, 3.63) is 29.3 Å². The van der Waals surface area contributed by atoms with Gasteiger partial charge < -0.3 is 9.64 Å². The van der Waals surface area contributed by atoms with Crippen molar-refractivity contribution >= 4 is 5.69 Å². The molecule has 1 aliphatic heterocycles. The average Bonchev–Trinajstić information content (AvgIpc) is 2.27. The highest BCUT2D eigenvalue weighted by Gasteiger charge is 2.22. The molecule has 1 aromatic carbocycles. The third-order valence-corrected chi connectivity index (χ3v) is 3.49. The van der Waals surface area contributed by atoms with E-state index in [1.807, 2.05) is 0 Å². The molecule has 2 atom stereocenters. The first-order valence-electron chi connectivity index (χ1n) is 6.60. The van der Waals surface area contributed by atoms with Crippen LogP contribution in [0.2, 0.25) is 0 Å². The summed E-state index contributed by atoms with van der Waals surface area (Å²) in [6.45, 7) is 10.7. The van der Waals surface area contributed by atoms with Gasteiger partial charge in [0.2, 0.25) is 0 Å². The molecule has 1 aliphatic rings. The summed E-state index contributed by atoms with van der Waals surface area (Å²) in [5, 5.41) is 0. The SMILES string of the molecule is CCc1ccc(N2CC(C)OC(C)C2)cc1C. The molecule has 94 valence electrons. The molecule has 0 N–H and O–H groups in total. The molecule has 0 saturated carbocycles. The number of rotatable bonds is 2. The van der Waals surface area contributed by atoms with Crippen molar-refractivity contribution in [2.75, 3.05) is 18.0 Å². The highest BCUT2D eigenvalue weighted by atomic mass is 16.5. The summed E-state index contributed by atoms with van der Waals surface area (Å²) in [5.74, 6) is 0. The van der Waals surface area contributed by atoms with Gasteiger partial charge in [-0.3, -0.25) is 0 Å². The van der Waals surface area contributed by atoms with Crippen molar-refractivity contribution in [1.82, 2.24) is 0 Å². The van der Waals surface area contributed by atoms with Crippen molar-refractivity contribution < 1.29 is 4.74 Å². The van der Waals surface area contributed by atoms with E-state index in [-0.39, 0.29) is 0 Å². The van der Waals surface area contributed by atoms with E-state index in [1.54, 1.807) is 0 Å². The first-order chi connectivity index (χ1) is 8.10. The minimum atomic E-state index is 0.324. The molecular formula is C15H23NO. The standard InChI is InChI=1S/C15H23NO/c1-5-14-6-7-15(8-11(14)2)16-9-12(3)17-13(4)10-16/h6-8,12-13H,5,9-10H2,1-4H3. The van der Waals surface area contributed by atoms with Gasteiger partial charge in [0.05, 0.1) is 12.2 Å². The molecule has 1 fully saturated rings. The third kappa shape index (κ3) is 2.81. The summed E-state index contributed by atoms with van der Waals surface area (Å²) < 4.78 is 5.77. The summed E-state index contributed by atoms with van der Waals surface area (Å²) >= 11 is 0. The largest absolute Gasteiger partial charge is 0.372 e. The molecule has 0 aromatic heterocycles. The number of benzene rings is 1. The van der Waals surface area contributed by atoms with Crippen LogP contribution in [0.15, 0.2) is 18.2 Å². The Morgan fingerprint density at radius 2 is 1.88 bits per heavy atom. The van der Waals surface area contributed by atoms with Crippen LogP contribution in [0, 0.1) is 6.92 Å². The molecule has 0 bridgehead atoms. The van der Waals surface area contributed by atoms with E-state index in [9.17, 15) is 0 Å². The number of aryl methyl sites for hydroxylation is 2. The Morgan fingerprint density at radius 3 is 2.41 bits per heavy atom. The summed E-state index contributed by atoms with van der Waals surface area (Å²) in [6, 6.07) is 6.82. The fraction of sp³-hybridized carbons (Fsp3) is 0.600. The number of anilines is 1. The number of nitrogens with zero attached hydrogens (tertiary/aromatic N) is 1. The molecule has 1 aromatic rings. The van der Waals surface area contributed by atoms with E-state index < -0.39 is 0 Å². The second-order valence-electron chi connectivity index (χ2n) is 5.13. The van der Waals surface area contributed by atoms with Crippen molar-refractivity contribution in [2.45, 2.75) is 46.3 Å². The average molecular weight is 233 g/mol. The van der Waals surface area contributed by atoms with Crippen LogP contribution in [0.5, 0.6) is 0 Å². The lowest BCUT2D eigenvalue weighted by Crippen LogP contribution is -2.45. The molecule has 17 heavy (non-hydrogen) atoms. The normalized spacial score (nSPS) is 25.1. The molecule has 0 spiro atoms. The Labute approximate surface area is 105 Å². The fourth-order valence-corrected chi connectivity index (χ4v) is 2.66. The molecule has 0 aliphatic carbocycles. The van der Waals surface area contributed by atoms with E-state index in [4.69, 9.17) is 4.74 Å². The quantitative estimate of drug-likeness (QED) is 0.778. The minimum Gasteiger partial charge on any atom is -0.372 e. The van der Waals surface area contributed by atoms with E-state index in [2.05, 4.69) is 50.8 Å². The minimum absolute atomic E-state index is 0.324. The van der Waals surface area contributed by atoms with Crippen molar-refractivity contribution in [2.24, 2.45) is 0 Å². The molecule has 1 saturated heterocycles. The van der Waals surface area contributed by atoms with Gasteiger partial charge in [-0.05, 0) is 50.5 Å². The van der Waals surface area contributed by atoms with Gasteiger partial charge in [-0.2, -0.15) is 0 Å². The van der Waals surface area contributed by atoms with Gasteiger partial charge in [-0.15, -0.1) is 0 Å². The van der Waals surface area contributed by atoms with E-state index in [1.165, 1.54) is 16.8 Å². The topological polar surface area (TPSA) is 12.5 Å². The lowest BCUT2D eigenvalue weighted by molar-refractivity contribution is -0.00522. The van der Waals surface area contributed by atoms with Gasteiger partial charge in [0.1, 0.15) is 0 Å². The van der Waals surface area contributed by atoms with Crippen LogP contribution in [0.4, 0.5) is 5.69 Å². The first-order valence-corrected chi connectivity index (χ1v) is 6.60.